The average Bonchev–Trinajstić information content (AvgIpc) is 2.87. The quantitative estimate of drug-likeness (QED) is 0.893. The lowest BCUT2D eigenvalue weighted by Crippen LogP contribution is -2.12. The van der Waals surface area contributed by atoms with Gasteiger partial charge in [-0.3, -0.25) is 0 Å². The van der Waals surface area contributed by atoms with Gasteiger partial charge in [0.2, 0.25) is 0 Å². The van der Waals surface area contributed by atoms with Crippen molar-refractivity contribution >= 4 is 0 Å². The maximum Gasteiger partial charge on any atom is 0.127 e. The summed E-state index contributed by atoms with van der Waals surface area (Å²) in [4.78, 5) is 4.15. The highest BCUT2D eigenvalue weighted by atomic mass is 16.5. The Morgan fingerprint density at radius 2 is 2.11 bits per heavy atom. The second-order valence-corrected chi connectivity index (χ2v) is 4.41. The van der Waals surface area contributed by atoms with Gasteiger partial charge in [-0.1, -0.05) is 0 Å². The van der Waals surface area contributed by atoms with E-state index in [0.29, 0.717) is 6.54 Å². The molecule has 1 aromatic heterocycles. The molecule has 0 aliphatic rings. The molecule has 0 radical (unpaired) electrons. The second-order valence-electron chi connectivity index (χ2n) is 4.41. The molecular formula is C14H19N3O2. The third-order valence-corrected chi connectivity index (χ3v) is 3.05. The largest absolute Gasteiger partial charge is 0.497 e. The summed E-state index contributed by atoms with van der Waals surface area (Å²) in [6.45, 7) is 2.61. The Kier molecular flexibility index (Phi) is 4.06. The van der Waals surface area contributed by atoms with Crippen molar-refractivity contribution in [3.63, 3.8) is 0 Å². The van der Waals surface area contributed by atoms with E-state index in [-0.39, 0.29) is 6.04 Å². The highest BCUT2D eigenvalue weighted by Gasteiger charge is 2.10. The molecule has 2 N–H and O–H groups in total. The fourth-order valence-corrected chi connectivity index (χ4v) is 2.01. The molecule has 1 unspecified atom stereocenters. The molecule has 1 aromatic carbocycles. The third-order valence-electron chi connectivity index (χ3n) is 3.05. The molecule has 102 valence electrons. The Morgan fingerprint density at radius 1 is 1.32 bits per heavy atom. The highest BCUT2D eigenvalue weighted by molar-refractivity contribution is 5.41. The second kappa shape index (κ2) is 5.75. The van der Waals surface area contributed by atoms with Crippen molar-refractivity contribution in [2.45, 2.75) is 19.5 Å². The molecule has 0 spiro atoms. The minimum atomic E-state index is -0.0493. The van der Waals surface area contributed by atoms with Crippen molar-refractivity contribution in [2.75, 3.05) is 14.2 Å². The molecule has 0 bridgehead atoms. The Hall–Kier alpha value is -2.01. The summed E-state index contributed by atoms with van der Waals surface area (Å²) >= 11 is 0. The van der Waals surface area contributed by atoms with Gasteiger partial charge in [0.25, 0.3) is 0 Å². The van der Waals surface area contributed by atoms with Gasteiger partial charge < -0.3 is 19.8 Å². The number of aromatic nitrogens is 2. The lowest BCUT2D eigenvalue weighted by molar-refractivity contribution is 0.390. The molecule has 0 saturated heterocycles. The maximum atomic E-state index is 5.92. The van der Waals surface area contributed by atoms with Gasteiger partial charge in [0.1, 0.15) is 11.5 Å². The van der Waals surface area contributed by atoms with Crippen LogP contribution in [0.25, 0.3) is 0 Å². The summed E-state index contributed by atoms with van der Waals surface area (Å²) < 4.78 is 12.6. The molecule has 1 heterocycles. The average molecular weight is 261 g/mol. The van der Waals surface area contributed by atoms with Crippen molar-refractivity contribution in [3.05, 3.63) is 42.0 Å². The van der Waals surface area contributed by atoms with E-state index in [2.05, 4.69) is 4.98 Å². The van der Waals surface area contributed by atoms with E-state index in [4.69, 9.17) is 15.2 Å². The third kappa shape index (κ3) is 2.88. The topological polar surface area (TPSA) is 62.3 Å². The van der Waals surface area contributed by atoms with E-state index in [0.717, 1.165) is 22.8 Å². The zero-order chi connectivity index (χ0) is 13.8. The monoisotopic (exact) mass is 261 g/mol. The number of imidazole rings is 1. The Bertz CT molecular complexity index is 549. The summed E-state index contributed by atoms with van der Waals surface area (Å²) in [5, 5.41) is 0. The van der Waals surface area contributed by atoms with Crippen LogP contribution in [0.4, 0.5) is 0 Å². The molecule has 0 amide bonds. The van der Waals surface area contributed by atoms with Crippen LogP contribution in [0.3, 0.4) is 0 Å². The number of nitrogens with two attached hydrogens (primary N) is 1. The van der Waals surface area contributed by atoms with Gasteiger partial charge in [-0.15, -0.1) is 0 Å². The Labute approximate surface area is 113 Å². The first kappa shape index (κ1) is 13.4. The number of methoxy groups -OCH3 is 2. The fraction of sp³-hybridized carbons (Fsp3) is 0.357. The first-order chi connectivity index (χ1) is 9.15. The first-order valence-electron chi connectivity index (χ1n) is 6.12. The number of rotatable bonds is 5. The molecule has 2 aromatic rings. The van der Waals surface area contributed by atoms with Gasteiger partial charge >= 0.3 is 0 Å². The molecule has 2 rings (SSSR count). The first-order valence-corrected chi connectivity index (χ1v) is 6.12. The summed E-state index contributed by atoms with van der Waals surface area (Å²) in [6, 6.07) is 5.73. The van der Waals surface area contributed by atoms with Gasteiger partial charge in [0, 0.05) is 23.9 Å². The van der Waals surface area contributed by atoms with E-state index in [1.54, 1.807) is 26.7 Å². The van der Waals surface area contributed by atoms with Crippen LogP contribution in [0, 0.1) is 0 Å². The van der Waals surface area contributed by atoms with Crippen LogP contribution in [-0.2, 0) is 6.54 Å². The summed E-state index contributed by atoms with van der Waals surface area (Å²) in [6.07, 6.45) is 3.57. The van der Waals surface area contributed by atoms with Gasteiger partial charge in [-0.25, -0.2) is 4.98 Å². The van der Waals surface area contributed by atoms with Gasteiger partial charge in [-0.05, 0) is 19.1 Å². The number of ether oxygens (including phenoxy) is 2. The van der Waals surface area contributed by atoms with Crippen molar-refractivity contribution < 1.29 is 9.47 Å². The molecule has 5 nitrogen and oxygen atoms in total. The van der Waals surface area contributed by atoms with Crippen LogP contribution in [0.1, 0.15) is 24.2 Å². The SMILES string of the molecule is COc1ccc(Cn2cncc2C(C)N)c(OC)c1. The van der Waals surface area contributed by atoms with Crippen LogP contribution in [0.2, 0.25) is 0 Å². The van der Waals surface area contributed by atoms with E-state index in [1.807, 2.05) is 29.7 Å². The van der Waals surface area contributed by atoms with Gasteiger partial charge in [-0.2, -0.15) is 0 Å². The normalized spacial score (nSPS) is 12.2. The molecule has 1 atom stereocenters. The lowest BCUT2D eigenvalue weighted by Gasteiger charge is -2.14. The van der Waals surface area contributed by atoms with E-state index >= 15 is 0 Å². The molecule has 0 saturated carbocycles. The molecule has 0 aliphatic carbocycles. The van der Waals surface area contributed by atoms with Crippen LogP contribution >= 0.6 is 0 Å². The van der Waals surface area contributed by atoms with Crippen LogP contribution in [-0.4, -0.2) is 23.8 Å². The van der Waals surface area contributed by atoms with E-state index in [9.17, 15) is 0 Å². The van der Waals surface area contributed by atoms with Gasteiger partial charge in [0.05, 0.1) is 32.8 Å². The number of benzene rings is 1. The van der Waals surface area contributed by atoms with Crippen molar-refractivity contribution in [1.29, 1.82) is 0 Å². The van der Waals surface area contributed by atoms with Gasteiger partial charge in [0.15, 0.2) is 0 Å². The zero-order valence-electron chi connectivity index (χ0n) is 11.5. The Morgan fingerprint density at radius 3 is 2.74 bits per heavy atom. The van der Waals surface area contributed by atoms with E-state index < -0.39 is 0 Å². The summed E-state index contributed by atoms with van der Waals surface area (Å²) in [7, 11) is 3.29. The summed E-state index contributed by atoms with van der Waals surface area (Å²) in [5.74, 6) is 1.57. The highest BCUT2D eigenvalue weighted by Crippen LogP contribution is 2.26. The molecule has 19 heavy (non-hydrogen) atoms. The number of nitrogens with zero attached hydrogens (tertiary/aromatic N) is 2. The molecule has 0 fully saturated rings. The number of hydrogen-bond acceptors (Lipinski definition) is 4. The fourth-order valence-electron chi connectivity index (χ4n) is 2.01. The minimum Gasteiger partial charge on any atom is -0.497 e. The standard InChI is InChI=1S/C14H19N3O2/c1-10(15)13-7-16-9-17(13)8-11-4-5-12(18-2)6-14(11)19-3/h4-7,9-10H,8,15H2,1-3H3. The Balaban J connectivity index is 2.30. The molecule has 5 heteroatoms. The molecular weight excluding hydrogens is 242 g/mol. The van der Waals surface area contributed by atoms with Crippen LogP contribution in [0.15, 0.2) is 30.7 Å². The number of hydrogen-bond donors (Lipinski definition) is 1. The van der Waals surface area contributed by atoms with Crippen molar-refractivity contribution in [3.8, 4) is 11.5 Å². The van der Waals surface area contributed by atoms with E-state index in [1.165, 1.54) is 0 Å². The minimum absolute atomic E-state index is 0.0493. The van der Waals surface area contributed by atoms with Crippen molar-refractivity contribution in [1.82, 2.24) is 9.55 Å². The smallest absolute Gasteiger partial charge is 0.127 e. The van der Waals surface area contributed by atoms with Crippen molar-refractivity contribution in [2.24, 2.45) is 5.73 Å². The van der Waals surface area contributed by atoms with Crippen LogP contribution in [0.5, 0.6) is 11.5 Å². The summed E-state index contributed by atoms with van der Waals surface area (Å²) in [5.41, 5.74) is 7.97. The zero-order valence-corrected chi connectivity index (χ0v) is 11.5. The predicted octanol–water partition coefficient (Wildman–Crippen LogP) is 1.97. The van der Waals surface area contributed by atoms with Crippen LogP contribution < -0.4 is 15.2 Å². The lowest BCUT2D eigenvalue weighted by atomic mass is 10.1. The maximum absolute atomic E-state index is 5.92. The predicted molar refractivity (Wildman–Crippen MR) is 73.5 cm³/mol. The molecule has 0 aliphatic heterocycles.